The number of nitrogens with two attached hydrogens (primary N) is 1. The quantitative estimate of drug-likeness (QED) is 0.799. The Hall–Kier alpha value is -1.75. The maximum Gasteiger partial charge on any atom is 0.143 e. The van der Waals surface area contributed by atoms with Crippen LogP contribution in [0.5, 0.6) is 5.75 Å². The molecule has 2 aromatic rings. The Kier molecular flexibility index (Phi) is 3.26. The number of methoxy groups -OCH3 is 1. The molecule has 1 aromatic carbocycles. The molecule has 84 valence electrons. The van der Waals surface area contributed by atoms with E-state index in [9.17, 15) is 0 Å². The second kappa shape index (κ2) is 4.85. The molecule has 0 saturated heterocycles. The Balaban J connectivity index is 2.09. The molecule has 0 fully saturated rings. The van der Waals surface area contributed by atoms with Crippen molar-refractivity contribution in [2.75, 3.05) is 18.2 Å². The first-order valence-electron chi connectivity index (χ1n) is 4.85. The highest BCUT2D eigenvalue weighted by atomic mass is 32.1. The van der Waals surface area contributed by atoms with Crippen molar-refractivity contribution in [2.45, 2.75) is 6.54 Å². The van der Waals surface area contributed by atoms with Gasteiger partial charge in [-0.05, 0) is 12.1 Å². The van der Waals surface area contributed by atoms with Crippen molar-refractivity contribution in [3.8, 4) is 5.75 Å². The first kappa shape index (κ1) is 10.8. The van der Waals surface area contributed by atoms with Crippen molar-refractivity contribution < 1.29 is 4.74 Å². The fourth-order valence-corrected chi connectivity index (χ4v) is 1.92. The third-order valence-corrected chi connectivity index (χ3v) is 3.00. The standard InChI is InChI=1S/C11H13N3OS/c1-15-10-4-2-3-9(11(10)12)14-6-8-5-13-7-16-8/h2-5,7,14H,6,12H2,1H3. The van der Waals surface area contributed by atoms with Gasteiger partial charge in [0.05, 0.1) is 30.5 Å². The van der Waals surface area contributed by atoms with Crippen LogP contribution in [0.4, 0.5) is 11.4 Å². The predicted molar refractivity (Wildman–Crippen MR) is 66.8 cm³/mol. The number of hydrogen-bond donors (Lipinski definition) is 2. The molecule has 0 unspecified atom stereocenters. The second-order valence-electron chi connectivity index (χ2n) is 3.24. The third kappa shape index (κ3) is 2.25. The van der Waals surface area contributed by atoms with Gasteiger partial charge in [-0.2, -0.15) is 0 Å². The molecule has 0 aliphatic carbocycles. The molecule has 16 heavy (non-hydrogen) atoms. The van der Waals surface area contributed by atoms with E-state index in [-0.39, 0.29) is 0 Å². The molecule has 0 atom stereocenters. The number of benzene rings is 1. The van der Waals surface area contributed by atoms with Crippen LogP contribution >= 0.6 is 11.3 Å². The van der Waals surface area contributed by atoms with E-state index in [2.05, 4.69) is 10.3 Å². The van der Waals surface area contributed by atoms with Crippen molar-refractivity contribution in [1.82, 2.24) is 4.98 Å². The molecule has 0 saturated carbocycles. The van der Waals surface area contributed by atoms with Gasteiger partial charge in [-0.1, -0.05) is 6.07 Å². The second-order valence-corrected chi connectivity index (χ2v) is 4.21. The van der Waals surface area contributed by atoms with E-state index in [0.717, 1.165) is 12.2 Å². The highest BCUT2D eigenvalue weighted by Gasteiger charge is 2.04. The number of hydrogen-bond acceptors (Lipinski definition) is 5. The van der Waals surface area contributed by atoms with Crippen molar-refractivity contribution in [3.63, 3.8) is 0 Å². The Labute approximate surface area is 98.1 Å². The molecule has 2 rings (SSSR count). The number of nitrogens with zero attached hydrogens (tertiary/aromatic N) is 1. The van der Waals surface area contributed by atoms with E-state index in [4.69, 9.17) is 10.5 Å². The lowest BCUT2D eigenvalue weighted by molar-refractivity contribution is 0.417. The predicted octanol–water partition coefficient (Wildman–Crippen LogP) is 2.35. The average molecular weight is 235 g/mol. The zero-order valence-electron chi connectivity index (χ0n) is 8.93. The van der Waals surface area contributed by atoms with E-state index in [1.54, 1.807) is 18.4 Å². The minimum atomic E-state index is 0.634. The minimum absolute atomic E-state index is 0.634. The van der Waals surface area contributed by atoms with Crippen LogP contribution in [0.15, 0.2) is 29.9 Å². The van der Waals surface area contributed by atoms with Crippen LogP contribution in [-0.2, 0) is 6.54 Å². The summed E-state index contributed by atoms with van der Waals surface area (Å²) in [4.78, 5) is 5.18. The molecule has 3 N–H and O–H groups in total. The molecule has 1 aromatic heterocycles. The monoisotopic (exact) mass is 235 g/mol. The van der Waals surface area contributed by atoms with Crippen LogP contribution in [-0.4, -0.2) is 12.1 Å². The summed E-state index contributed by atoms with van der Waals surface area (Å²) in [6, 6.07) is 5.68. The summed E-state index contributed by atoms with van der Waals surface area (Å²) in [5.74, 6) is 0.689. The van der Waals surface area contributed by atoms with E-state index in [1.165, 1.54) is 4.88 Å². The molecule has 0 amide bonds. The van der Waals surface area contributed by atoms with Crippen LogP contribution in [0.3, 0.4) is 0 Å². The summed E-state index contributed by atoms with van der Waals surface area (Å²) in [5.41, 5.74) is 9.26. The van der Waals surface area contributed by atoms with Crippen LogP contribution in [0.2, 0.25) is 0 Å². The van der Waals surface area contributed by atoms with Crippen LogP contribution in [0.25, 0.3) is 0 Å². The van der Waals surface area contributed by atoms with Gasteiger partial charge in [0.2, 0.25) is 0 Å². The van der Waals surface area contributed by atoms with Gasteiger partial charge < -0.3 is 15.8 Å². The highest BCUT2D eigenvalue weighted by Crippen LogP contribution is 2.29. The smallest absolute Gasteiger partial charge is 0.143 e. The van der Waals surface area contributed by atoms with E-state index in [1.807, 2.05) is 29.9 Å². The van der Waals surface area contributed by atoms with Gasteiger partial charge in [-0.3, -0.25) is 4.98 Å². The number of nitrogen functional groups attached to an aromatic ring is 1. The molecule has 5 heteroatoms. The Morgan fingerprint density at radius 1 is 1.50 bits per heavy atom. The van der Waals surface area contributed by atoms with E-state index >= 15 is 0 Å². The van der Waals surface area contributed by atoms with Gasteiger partial charge in [0.1, 0.15) is 5.75 Å². The molecule has 4 nitrogen and oxygen atoms in total. The molecule has 0 spiro atoms. The Morgan fingerprint density at radius 3 is 3.06 bits per heavy atom. The van der Waals surface area contributed by atoms with Crippen molar-refractivity contribution in [3.05, 3.63) is 34.8 Å². The number of thiazole rings is 1. The summed E-state index contributed by atoms with van der Waals surface area (Å²) in [5, 5.41) is 3.26. The molecule has 0 bridgehead atoms. The molecule has 1 heterocycles. The zero-order valence-corrected chi connectivity index (χ0v) is 9.75. The Bertz CT molecular complexity index is 456. The third-order valence-electron chi connectivity index (χ3n) is 2.22. The summed E-state index contributed by atoms with van der Waals surface area (Å²) in [6.45, 7) is 0.724. The number of nitrogens with one attached hydrogen (secondary N) is 1. The lowest BCUT2D eigenvalue weighted by atomic mass is 10.2. The molecule has 0 aliphatic rings. The molecular formula is C11H13N3OS. The lowest BCUT2D eigenvalue weighted by Gasteiger charge is -2.11. The van der Waals surface area contributed by atoms with Gasteiger partial charge >= 0.3 is 0 Å². The van der Waals surface area contributed by atoms with E-state index in [0.29, 0.717) is 11.4 Å². The van der Waals surface area contributed by atoms with Gasteiger partial charge in [0.25, 0.3) is 0 Å². The Morgan fingerprint density at radius 2 is 2.38 bits per heavy atom. The maximum atomic E-state index is 5.93. The van der Waals surface area contributed by atoms with Crippen molar-refractivity contribution in [1.29, 1.82) is 0 Å². The van der Waals surface area contributed by atoms with Gasteiger partial charge in [0.15, 0.2) is 0 Å². The van der Waals surface area contributed by atoms with E-state index < -0.39 is 0 Å². The van der Waals surface area contributed by atoms with Crippen molar-refractivity contribution in [2.24, 2.45) is 0 Å². The van der Waals surface area contributed by atoms with Gasteiger partial charge in [-0.25, -0.2) is 0 Å². The molecular weight excluding hydrogens is 222 g/mol. The SMILES string of the molecule is COc1cccc(NCc2cncs2)c1N. The van der Waals surface area contributed by atoms with Crippen LogP contribution < -0.4 is 15.8 Å². The van der Waals surface area contributed by atoms with Gasteiger partial charge in [0, 0.05) is 11.1 Å². The highest BCUT2D eigenvalue weighted by molar-refractivity contribution is 7.09. The number of rotatable bonds is 4. The van der Waals surface area contributed by atoms with Crippen LogP contribution in [0, 0.1) is 0 Å². The zero-order chi connectivity index (χ0) is 11.4. The maximum absolute atomic E-state index is 5.93. The average Bonchev–Trinajstić information content (AvgIpc) is 2.81. The minimum Gasteiger partial charge on any atom is -0.495 e. The summed E-state index contributed by atoms with van der Waals surface area (Å²) in [7, 11) is 1.61. The summed E-state index contributed by atoms with van der Waals surface area (Å²) < 4.78 is 5.15. The fourth-order valence-electron chi connectivity index (χ4n) is 1.39. The first-order chi connectivity index (χ1) is 7.81. The molecule has 0 radical (unpaired) electrons. The normalized spacial score (nSPS) is 10.1. The lowest BCUT2D eigenvalue weighted by Crippen LogP contribution is -2.02. The number of anilines is 2. The van der Waals surface area contributed by atoms with Crippen molar-refractivity contribution >= 4 is 22.7 Å². The summed E-state index contributed by atoms with van der Waals surface area (Å²) in [6.07, 6.45) is 1.84. The number of para-hydroxylation sites is 1. The van der Waals surface area contributed by atoms with Gasteiger partial charge in [-0.15, -0.1) is 11.3 Å². The first-order valence-corrected chi connectivity index (χ1v) is 5.73. The fraction of sp³-hybridized carbons (Fsp3) is 0.182. The number of aromatic nitrogens is 1. The number of ether oxygens (including phenoxy) is 1. The summed E-state index contributed by atoms with van der Waals surface area (Å²) >= 11 is 1.61. The largest absolute Gasteiger partial charge is 0.495 e. The van der Waals surface area contributed by atoms with Crippen LogP contribution in [0.1, 0.15) is 4.88 Å². The molecule has 0 aliphatic heterocycles. The topological polar surface area (TPSA) is 60.2 Å².